The van der Waals surface area contributed by atoms with Crippen LogP contribution in [0.3, 0.4) is 0 Å². The number of nitrogens with one attached hydrogen (secondary N) is 1. The summed E-state index contributed by atoms with van der Waals surface area (Å²) in [6, 6.07) is 10.6. The van der Waals surface area contributed by atoms with Gasteiger partial charge < -0.3 is 11.1 Å². The van der Waals surface area contributed by atoms with Gasteiger partial charge in [0.1, 0.15) is 0 Å². The molecule has 2 atom stereocenters. The predicted octanol–water partition coefficient (Wildman–Crippen LogP) is 2.60. The standard InChI is InChI=1S/C15H22N2O.ClH/c1-15(2,16)14(18)17-13-10-6-9-12(13)11-7-4-3-5-8-11;/h3-5,7-8,12-13H,6,9-10,16H2,1-2H3,(H,17,18);1H. The minimum Gasteiger partial charge on any atom is -0.351 e. The van der Waals surface area contributed by atoms with Gasteiger partial charge >= 0.3 is 0 Å². The Bertz CT molecular complexity index is 414. The van der Waals surface area contributed by atoms with Gasteiger partial charge in [-0.25, -0.2) is 0 Å². The second-order valence-corrected chi connectivity index (χ2v) is 5.75. The maximum Gasteiger partial charge on any atom is 0.239 e. The number of rotatable bonds is 3. The normalized spacial score (nSPS) is 22.7. The van der Waals surface area contributed by atoms with Gasteiger partial charge in [-0.3, -0.25) is 4.79 Å². The van der Waals surface area contributed by atoms with Crippen molar-refractivity contribution in [3.8, 4) is 0 Å². The number of nitrogens with two attached hydrogens (primary N) is 1. The molecule has 1 amide bonds. The van der Waals surface area contributed by atoms with E-state index in [2.05, 4.69) is 29.6 Å². The summed E-state index contributed by atoms with van der Waals surface area (Å²) >= 11 is 0. The number of halogens is 1. The quantitative estimate of drug-likeness (QED) is 0.895. The highest BCUT2D eigenvalue weighted by Crippen LogP contribution is 2.34. The SMILES string of the molecule is CC(C)(N)C(=O)NC1CCCC1c1ccccc1.Cl. The molecule has 2 unspecified atom stereocenters. The van der Waals surface area contributed by atoms with Crippen LogP contribution in [0.5, 0.6) is 0 Å². The first-order valence-electron chi connectivity index (χ1n) is 6.63. The van der Waals surface area contributed by atoms with Gasteiger partial charge in [0.05, 0.1) is 5.54 Å². The first-order chi connectivity index (χ1) is 8.48. The average Bonchev–Trinajstić information content (AvgIpc) is 2.77. The van der Waals surface area contributed by atoms with E-state index in [9.17, 15) is 4.79 Å². The third-order valence-corrected chi connectivity index (χ3v) is 3.65. The van der Waals surface area contributed by atoms with Crippen LogP contribution < -0.4 is 11.1 Å². The van der Waals surface area contributed by atoms with Crippen molar-refractivity contribution in [1.29, 1.82) is 0 Å². The van der Waals surface area contributed by atoms with Crippen molar-refractivity contribution in [2.75, 3.05) is 0 Å². The van der Waals surface area contributed by atoms with Gasteiger partial charge in [0.25, 0.3) is 0 Å². The van der Waals surface area contributed by atoms with E-state index < -0.39 is 5.54 Å². The Balaban J connectivity index is 0.00000180. The van der Waals surface area contributed by atoms with Gasteiger partial charge in [0, 0.05) is 12.0 Å². The smallest absolute Gasteiger partial charge is 0.239 e. The number of carbonyl (C=O) groups is 1. The lowest BCUT2D eigenvalue weighted by atomic mass is 9.93. The fourth-order valence-corrected chi connectivity index (χ4v) is 2.59. The van der Waals surface area contributed by atoms with Gasteiger partial charge in [-0.15, -0.1) is 12.4 Å². The molecule has 0 radical (unpaired) electrons. The molecule has 1 fully saturated rings. The van der Waals surface area contributed by atoms with E-state index >= 15 is 0 Å². The Hall–Kier alpha value is -1.06. The Morgan fingerprint density at radius 2 is 1.89 bits per heavy atom. The molecular weight excluding hydrogens is 260 g/mol. The van der Waals surface area contributed by atoms with Crippen LogP contribution in [0, 0.1) is 0 Å². The minimum absolute atomic E-state index is 0. The monoisotopic (exact) mass is 282 g/mol. The van der Waals surface area contributed by atoms with Gasteiger partial charge in [0.2, 0.25) is 5.91 Å². The largest absolute Gasteiger partial charge is 0.351 e. The highest BCUT2D eigenvalue weighted by Gasteiger charge is 2.32. The van der Waals surface area contributed by atoms with Crippen molar-refractivity contribution in [3.63, 3.8) is 0 Å². The third kappa shape index (κ3) is 3.95. The molecule has 3 N–H and O–H groups in total. The predicted molar refractivity (Wildman–Crippen MR) is 80.5 cm³/mol. The Kier molecular flexibility index (Phi) is 5.39. The second kappa shape index (κ2) is 6.40. The molecule has 1 aromatic carbocycles. The molecule has 106 valence electrons. The molecule has 19 heavy (non-hydrogen) atoms. The molecule has 1 saturated carbocycles. The Morgan fingerprint density at radius 3 is 2.47 bits per heavy atom. The molecule has 3 nitrogen and oxygen atoms in total. The zero-order valence-corrected chi connectivity index (χ0v) is 12.4. The summed E-state index contributed by atoms with van der Waals surface area (Å²) in [5.74, 6) is 0.368. The van der Waals surface area contributed by atoms with Crippen LogP contribution in [-0.2, 0) is 4.79 Å². The maximum absolute atomic E-state index is 12.0. The Morgan fingerprint density at radius 1 is 1.26 bits per heavy atom. The van der Waals surface area contributed by atoms with E-state index in [1.54, 1.807) is 13.8 Å². The fourth-order valence-electron chi connectivity index (χ4n) is 2.59. The van der Waals surface area contributed by atoms with Gasteiger partial charge in [-0.05, 0) is 32.3 Å². The summed E-state index contributed by atoms with van der Waals surface area (Å²) in [5, 5.41) is 3.10. The molecule has 0 aliphatic heterocycles. The van der Waals surface area contributed by atoms with Crippen molar-refractivity contribution in [2.24, 2.45) is 5.73 Å². The second-order valence-electron chi connectivity index (χ2n) is 5.75. The molecule has 1 aromatic rings. The van der Waals surface area contributed by atoms with Gasteiger partial charge in [0.15, 0.2) is 0 Å². The molecule has 1 aliphatic rings. The zero-order valence-electron chi connectivity index (χ0n) is 11.6. The highest BCUT2D eigenvalue weighted by atomic mass is 35.5. The first-order valence-corrected chi connectivity index (χ1v) is 6.63. The van der Waals surface area contributed by atoms with Crippen molar-refractivity contribution in [2.45, 2.75) is 50.6 Å². The van der Waals surface area contributed by atoms with Crippen molar-refractivity contribution in [1.82, 2.24) is 5.32 Å². The summed E-state index contributed by atoms with van der Waals surface area (Å²) in [6.45, 7) is 3.49. The summed E-state index contributed by atoms with van der Waals surface area (Å²) in [6.07, 6.45) is 3.34. The highest BCUT2D eigenvalue weighted by molar-refractivity contribution is 5.85. The van der Waals surface area contributed by atoms with Crippen LogP contribution in [0.1, 0.15) is 44.6 Å². The number of hydrogen-bond donors (Lipinski definition) is 2. The molecule has 4 heteroatoms. The topological polar surface area (TPSA) is 55.1 Å². The third-order valence-electron chi connectivity index (χ3n) is 3.65. The van der Waals surface area contributed by atoms with Crippen LogP contribution >= 0.6 is 12.4 Å². The summed E-state index contributed by atoms with van der Waals surface area (Å²) < 4.78 is 0. The molecule has 0 heterocycles. The molecule has 0 bridgehead atoms. The number of hydrogen-bond acceptors (Lipinski definition) is 2. The number of carbonyl (C=O) groups excluding carboxylic acids is 1. The molecule has 1 aliphatic carbocycles. The van der Waals surface area contributed by atoms with Crippen molar-refractivity contribution in [3.05, 3.63) is 35.9 Å². The van der Waals surface area contributed by atoms with Gasteiger partial charge in [-0.1, -0.05) is 36.8 Å². The summed E-state index contributed by atoms with van der Waals surface area (Å²) in [4.78, 5) is 12.0. The molecule has 0 saturated heterocycles. The van der Waals surface area contributed by atoms with E-state index in [1.807, 2.05) is 6.07 Å². The van der Waals surface area contributed by atoms with E-state index in [0.717, 1.165) is 19.3 Å². The van der Waals surface area contributed by atoms with E-state index in [4.69, 9.17) is 5.73 Å². The van der Waals surface area contributed by atoms with Gasteiger partial charge in [-0.2, -0.15) is 0 Å². The van der Waals surface area contributed by atoms with Crippen LogP contribution in [0.4, 0.5) is 0 Å². The van der Waals surface area contributed by atoms with E-state index in [-0.39, 0.29) is 24.4 Å². The summed E-state index contributed by atoms with van der Waals surface area (Å²) in [5.41, 5.74) is 6.34. The fraction of sp³-hybridized carbons (Fsp3) is 0.533. The van der Waals surface area contributed by atoms with E-state index in [0.29, 0.717) is 5.92 Å². The van der Waals surface area contributed by atoms with Crippen LogP contribution in [0.15, 0.2) is 30.3 Å². The van der Waals surface area contributed by atoms with Crippen LogP contribution in [0.25, 0.3) is 0 Å². The lowest BCUT2D eigenvalue weighted by Gasteiger charge is -2.26. The summed E-state index contributed by atoms with van der Waals surface area (Å²) in [7, 11) is 0. The minimum atomic E-state index is -0.802. The molecule has 0 aromatic heterocycles. The molecule has 0 spiro atoms. The lowest BCUT2D eigenvalue weighted by Crippen LogP contribution is -2.52. The first kappa shape index (κ1) is 16.0. The average molecular weight is 283 g/mol. The number of benzene rings is 1. The van der Waals surface area contributed by atoms with Crippen LogP contribution in [-0.4, -0.2) is 17.5 Å². The Labute approximate surface area is 121 Å². The molecule has 2 rings (SSSR count). The van der Waals surface area contributed by atoms with Crippen molar-refractivity contribution < 1.29 is 4.79 Å². The zero-order chi connectivity index (χ0) is 13.2. The van der Waals surface area contributed by atoms with E-state index in [1.165, 1.54) is 5.56 Å². The lowest BCUT2D eigenvalue weighted by molar-refractivity contribution is -0.126. The number of amides is 1. The molecular formula is C15H23ClN2O. The maximum atomic E-state index is 12.0. The van der Waals surface area contributed by atoms with Crippen LogP contribution in [0.2, 0.25) is 0 Å². The van der Waals surface area contributed by atoms with Crippen molar-refractivity contribution >= 4 is 18.3 Å².